The second-order valence-corrected chi connectivity index (χ2v) is 9.42. The van der Waals surface area contributed by atoms with Crippen LogP contribution in [0.15, 0.2) is 53.9 Å². The lowest BCUT2D eigenvalue weighted by Gasteiger charge is -2.27. The van der Waals surface area contributed by atoms with Gasteiger partial charge in [-0.1, -0.05) is 23.8 Å². The number of rotatable bonds is 6. The zero-order valence-electron chi connectivity index (χ0n) is 18.8. The van der Waals surface area contributed by atoms with E-state index in [-0.39, 0.29) is 38.0 Å². The topological polar surface area (TPSA) is 108 Å². The van der Waals surface area contributed by atoms with Gasteiger partial charge >= 0.3 is 5.97 Å². The molecule has 2 atom stereocenters. The summed E-state index contributed by atoms with van der Waals surface area (Å²) in [5.74, 6) is -1.00. The summed E-state index contributed by atoms with van der Waals surface area (Å²) in [4.78, 5) is 39.8. The molecule has 10 heteroatoms. The molecule has 9 nitrogen and oxygen atoms in total. The number of aryl methyl sites for hydroxylation is 1. The molecule has 2 aliphatic rings. The van der Waals surface area contributed by atoms with Gasteiger partial charge in [-0.25, -0.2) is 0 Å². The van der Waals surface area contributed by atoms with Crippen molar-refractivity contribution >= 4 is 34.6 Å². The number of amides is 1. The van der Waals surface area contributed by atoms with Gasteiger partial charge in [-0.3, -0.25) is 19.7 Å². The molecule has 2 aromatic carbocycles. The van der Waals surface area contributed by atoms with E-state index in [2.05, 4.69) is 0 Å². The van der Waals surface area contributed by atoms with Crippen molar-refractivity contribution in [2.24, 2.45) is 5.92 Å². The van der Waals surface area contributed by atoms with Crippen molar-refractivity contribution in [3.05, 3.63) is 85.6 Å². The number of hydrogen-bond acceptors (Lipinski definition) is 8. The first-order valence-corrected chi connectivity index (χ1v) is 11.9. The van der Waals surface area contributed by atoms with E-state index in [1.807, 2.05) is 48.7 Å². The number of hydrogen-bond donors (Lipinski definition) is 0. The number of nitro groups is 1. The van der Waals surface area contributed by atoms with E-state index in [4.69, 9.17) is 14.2 Å². The van der Waals surface area contributed by atoms with E-state index in [0.29, 0.717) is 16.9 Å². The molecule has 1 amide bonds. The van der Waals surface area contributed by atoms with Gasteiger partial charge in [-0.15, -0.1) is 11.3 Å². The van der Waals surface area contributed by atoms with Gasteiger partial charge in [0.05, 0.1) is 23.5 Å². The number of ether oxygens (including phenoxy) is 3. The SMILES string of the molecule is Cc1ccc(N2C(=O)C[C@@H](C(=O)OCc3cc([N+](=O)[O-])cc4c3OCOC4)[C@H]2c2cccs2)cc1. The monoisotopic (exact) mass is 494 g/mol. The van der Waals surface area contributed by atoms with Crippen molar-refractivity contribution in [1.29, 1.82) is 0 Å². The van der Waals surface area contributed by atoms with Crippen LogP contribution < -0.4 is 9.64 Å². The number of thiophene rings is 1. The summed E-state index contributed by atoms with van der Waals surface area (Å²) in [6.45, 7) is 1.93. The molecule has 0 aliphatic carbocycles. The first kappa shape index (κ1) is 23.0. The Bertz CT molecular complexity index is 1270. The highest BCUT2D eigenvalue weighted by Crippen LogP contribution is 2.44. The van der Waals surface area contributed by atoms with E-state index in [0.717, 1.165) is 16.1 Å². The fraction of sp³-hybridized carbons (Fsp3) is 0.280. The zero-order chi connectivity index (χ0) is 24.5. The van der Waals surface area contributed by atoms with E-state index in [1.165, 1.54) is 23.5 Å². The Morgan fingerprint density at radius 3 is 2.77 bits per heavy atom. The molecule has 1 fully saturated rings. The van der Waals surface area contributed by atoms with Crippen molar-refractivity contribution in [2.75, 3.05) is 11.7 Å². The molecule has 0 N–H and O–H groups in total. The van der Waals surface area contributed by atoms with E-state index >= 15 is 0 Å². The minimum atomic E-state index is -0.721. The van der Waals surface area contributed by atoms with Gasteiger partial charge in [0.15, 0.2) is 6.79 Å². The highest BCUT2D eigenvalue weighted by atomic mass is 32.1. The van der Waals surface area contributed by atoms with Gasteiger partial charge in [0.25, 0.3) is 5.69 Å². The number of nitro benzene ring substituents is 1. The number of fused-ring (bicyclic) bond motifs is 1. The molecule has 5 rings (SSSR count). The maximum atomic E-state index is 13.3. The lowest BCUT2D eigenvalue weighted by molar-refractivity contribution is -0.385. The maximum absolute atomic E-state index is 13.3. The van der Waals surface area contributed by atoms with Crippen LogP contribution in [0.3, 0.4) is 0 Å². The minimum absolute atomic E-state index is 0.00661. The van der Waals surface area contributed by atoms with Crippen LogP contribution in [0.2, 0.25) is 0 Å². The number of nitrogens with zero attached hydrogens (tertiary/aromatic N) is 2. The third-order valence-corrected chi connectivity index (χ3v) is 7.07. The number of benzene rings is 2. The van der Waals surface area contributed by atoms with Crippen LogP contribution in [0.4, 0.5) is 11.4 Å². The molecular weight excluding hydrogens is 472 g/mol. The number of carbonyl (C=O) groups excluding carboxylic acids is 2. The number of anilines is 1. The van der Waals surface area contributed by atoms with Crippen LogP contribution in [0, 0.1) is 23.0 Å². The molecule has 0 unspecified atom stereocenters. The summed E-state index contributed by atoms with van der Waals surface area (Å²) in [7, 11) is 0. The molecule has 1 saturated heterocycles. The Hall–Kier alpha value is -3.76. The van der Waals surface area contributed by atoms with Crippen LogP contribution in [0.5, 0.6) is 5.75 Å². The maximum Gasteiger partial charge on any atom is 0.312 e. The van der Waals surface area contributed by atoms with Crippen LogP contribution in [0.1, 0.15) is 34.0 Å². The summed E-state index contributed by atoms with van der Waals surface area (Å²) in [5.41, 5.74) is 2.56. The summed E-state index contributed by atoms with van der Waals surface area (Å²) in [6, 6.07) is 13.6. The van der Waals surface area contributed by atoms with Gasteiger partial charge in [0, 0.05) is 40.2 Å². The van der Waals surface area contributed by atoms with Crippen molar-refractivity contribution in [3.63, 3.8) is 0 Å². The third-order valence-electron chi connectivity index (χ3n) is 6.12. The molecule has 3 heterocycles. The van der Waals surface area contributed by atoms with Gasteiger partial charge in [0.2, 0.25) is 5.91 Å². The van der Waals surface area contributed by atoms with E-state index in [9.17, 15) is 19.7 Å². The van der Waals surface area contributed by atoms with Gasteiger partial charge in [-0.2, -0.15) is 0 Å². The Labute approximate surface area is 205 Å². The largest absolute Gasteiger partial charge is 0.467 e. The van der Waals surface area contributed by atoms with Crippen LogP contribution in [-0.4, -0.2) is 23.6 Å². The van der Waals surface area contributed by atoms with Crippen LogP contribution >= 0.6 is 11.3 Å². The summed E-state index contributed by atoms with van der Waals surface area (Å²) in [5, 5.41) is 13.3. The normalized spacial score (nSPS) is 19.2. The highest BCUT2D eigenvalue weighted by Gasteiger charge is 2.46. The second-order valence-electron chi connectivity index (χ2n) is 8.44. The number of esters is 1. The van der Waals surface area contributed by atoms with Crippen molar-refractivity contribution in [2.45, 2.75) is 32.6 Å². The summed E-state index contributed by atoms with van der Waals surface area (Å²) >= 11 is 1.47. The Kier molecular flexibility index (Phi) is 6.23. The predicted molar refractivity (Wildman–Crippen MR) is 127 cm³/mol. The minimum Gasteiger partial charge on any atom is -0.467 e. The van der Waals surface area contributed by atoms with Gasteiger partial charge in [0.1, 0.15) is 12.4 Å². The van der Waals surface area contributed by atoms with Crippen molar-refractivity contribution < 1.29 is 28.7 Å². The molecule has 2 aliphatic heterocycles. The molecule has 35 heavy (non-hydrogen) atoms. The Morgan fingerprint density at radius 2 is 2.06 bits per heavy atom. The average Bonchev–Trinajstić information content (AvgIpc) is 3.50. The zero-order valence-corrected chi connectivity index (χ0v) is 19.7. The molecule has 1 aromatic heterocycles. The lowest BCUT2D eigenvalue weighted by Crippen LogP contribution is -2.30. The lowest BCUT2D eigenvalue weighted by atomic mass is 9.98. The van der Waals surface area contributed by atoms with E-state index in [1.54, 1.807) is 4.90 Å². The average molecular weight is 495 g/mol. The third kappa shape index (κ3) is 4.50. The van der Waals surface area contributed by atoms with Gasteiger partial charge in [-0.05, 0) is 30.5 Å². The second kappa shape index (κ2) is 9.47. The van der Waals surface area contributed by atoms with Crippen molar-refractivity contribution in [1.82, 2.24) is 0 Å². The fourth-order valence-corrected chi connectivity index (χ4v) is 5.37. The molecule has 3 aromatic rings. The van der Waals surface area contributed by atoms with E-state index < -0.39 is 22.9 Å². The van der Waals surface area contributed by atoms with Crippen molar-refractivity contribution in [3.8, 4) is 5.75 Å². The Balaban J connectivity index is 1.41. The smallest absolute Gasteiger partial charge is 0.312 e. The number of non-ortho nitro benzene ring substituents is 1. The summed E-state index contributed by atoms with van der Waals surface area (Å²) in [6.07, 6.45) is 0.00661. The van der Waals surface area contributed by atoms with Crippen LogP contribution in [-0.2, 0) is 32.3 Å². The molecule has 0 bridgehead atoms. The fourth-order valence-electron chi connectivity index (χ4n) is 4.49. The molecule has 0 radical (unpaired) electrons. The van der Waals surface area contributed by atoms with Crippen LogP contribution in [0.25, 0.3) is 0 Å². The van der Waals surface area contributed by atoms with Gasteiger partial charge < -0.3 is 19.1 Å². The molecule has 0 saturated carbocycles. The Morgan fingerprint density at radius 1 is 1.26 bits per heavy atom. The molecule has 0 spiro atoms. The first-order chi connectivity index (χ1) is 16.9. The highest BCUT2D eigenvalue weighted by molar-refractivity contribution is 7.10. The first-order valence-electron chi connectivity index (χ1n) is 11.0. The molecule has 180 valence electrons. The summed E-state index contributed by atoms with van der Waals surface area (Å²) < 4.78 is 16.4. The quantitative estimate of drug-likeness (QED) is 0.278. The predicted octanol–water partition coefficient (Wildman–Crippen LogP) is 4.67. The molecular formula is C25H22N2O7S. The number of carbonyl (C=O) groups is 2. The standard InChI is InChI=1S/C25H22N2O7S/c1-15-4-6-18(7-5-15)26-22(28)11-20(23(26)21-3-2-8-35-21)25(29)33-13-17-10-19(27(30)31)9-16-12-32-14-34-24(16)17/h2-10,20,23H,11-14H2,1H3/t20-,23+/m1/s1.